The lowest BCUT2D eigenvalue weighted by Gasteiger charge is -2.16. The fourth-order valence-electron chi connectivity index (χ4n) is 2.88. The quantitative estimate of drug-likeness (QED) is 0.560. The summed E-state index contributed by atoms with van der Waals surface area (Å²) in [5.41, 5.74) is 0.221. The van der Waals surface area contributed by atoms with Gasteiger partial charge in [-0.2, -0.15) is 0 Å². The normalized spacial score (nSPS) is 22.7. The maximum atomic E-state index is 12.4. The Morgan fingerprint density at radius 2 is 1.84 bits per heavy atom. The Labute approximate surface area is 147 Å². The first kappa shape index (κ1) is 17.5. The second-order valence-corrected chi connectivity index (χ2v) is 6.46. The number of nitrogens with zero attached hydrogens (tertiary/aromatic N) is 1. The van der Waals surface area contributed by atoms with Crippen molar-refractivity contribution in [3.05, 3.63) is 23.8 Å². The van der Waals surface area contributed by atoms with Crippen molar-refractivity contribution >= 4 is 11.9 Å². The van der Waals surface area contributed by atoms with Crippen molar-refractivity contribution in [1.29, 1.82) is 0 Å². The molecule has 3 rings (SSSR count). The number of amides is 1. The lowest BCUT2D eigenvalue weighted by atomic mass is 10.2. The van der Waals surface area contributed by atoms with E-state index in [1.165, 1.54) is 0 Å². The molecule has 136 valence electrons. The molecular weight excluding hydrogens is 324 g/mol. The molecule has 0 radical (unpaired) electrons. The van der Waals surface area contributed by atoms with Crippen molar-refractivity contribution in [1.82, 2.24) is 10.2 Å². The molecule has 25 heavy (non-hydrogen) atoms. The Balaban J connectivity index is 1.56. The number of rotatable bonds is 8. The van der Waals surface area contributed by atoms with E-state index in [-0.39, 0.29) is 17.9 Å². The lowest BCUT2D eigenvalue weighted by molar-refractivity contribution is -0.148. The highest BCUT2D eigenvalue weighted by Crippen LogP contribution is 2.37. The molecule has 1 heterocycles. The number of carbonyl (C=O) groups is 2. The lowest BCUT2D eigenvalue weighted by Crippen LogP contribution is -2.46. The molecule has 2 unspecified atom stereocenters. The SMILES string of the molecule is CCOC(=O)C1(NC(=O)C2CN2Cc2cc(OC)cc(OC)c2)CC1. The van der Waals surface area contributed by atoms with Crippen LogP contribution in [0.5, 0.6) is 11.5 Å². The van der Waals surface area contributed by atoms with Gasteiger partial charge in [-0.3, -0.25) is 9.69 Å². The zero-order valence-corrected chi connectivity index (χ0v) is 14.8. The number of methoxy groups -OCH3 is 2. The maximum absolute atomic E-state index is 12.4. The molecule has 7 nitrogen and oxygen atoms in total. The summed E-state index contributed by atoms with van der Waals surface area (Å²) in [5, 5.41) is 2.87. The first-order valence-corrected chi connectivity index (χ1v) is 8.46. The number of hydrogen-bond acceptors (Lipinski definition) is 6. The van der Waals surface area contributed by atoms with E-state index in [4.69, 9.17) is 14.2 Å². The van der Waals surface area contributed by atoms with Gasteiger partial charge in [-0.15, -0.1) is 0 Å². The van der Waals surface area contributed by atoms with Crippen LogP contribution in [0.3, 0.4) is 0 Å². The molecule has 0 spiro atoms. The van der Waals surface area contributed by atoms with Gasteiger partial charge in [-0.1, -0.05) is 0 Å². The van der Waals surface area contributed by atoms with Crippen LogP contribution in [0.2, 0.25) is 0 Å². The third-order valence-electron chi connectivity index (χ3n) is 4.59. The van der Waals surface area contributed by atoms with E-state index in [1.807, 2.05) is 23.1 Å². The van der Waals surface area contributed by atoms with Gasteiger partial charge in [0, 0.05) is 19.2 Å². The Kier molecular flexibility index (Phi) is 4.85. The van der Waals surface area contributed by atoms with Crippen LogP contribution in [0.15, 0.2) is 18.2 Å². The van der Waals surface area contributed by atoms with Crippen molar-refractivity contribution in [3.63, 3.8) is 0 Å². The number of esters is 1. The van der Waals surface area contributed by atoms with Gasteiger partial charge >= 0.3 is 5.97 Å². The van der Waals surface area contributed by atoms with Crippen molar-refractivity contribution < 1.29 is 23.8 Å². The molecule has 7 heteroatoms. The smallest absolute Gasteiger partial charge is 0.331 e. The molecule has 0 aromatic heterocycles. The second-order valence-electron chi connectivity index (χ2n) is 6.46. The minimum Gasteiger partial charge on any atom is -0.497 e. The number of benzene rings is 1. The van der Waals surface area contributed by atoms with Crippen molar-refractivity contribution in [2.24, 2.45) is 0 Å². The van der Waals surface area contributed by atoms with Gasteiger partial charge in [0.1, 0.15) is 23.1 Å². The van der Waals surface area contributed by atoms with Crippen LogP contribution in [-0.2, 0) is 20.9 Å². The zero-order chi connectivity index (χ0) is 18.0. The molecule has 1 saturated heterocycles. The van der Waals surface area contributed by atoms with Crippen LogP contribution in [0, 0.1) is 0 Å². The fourth-order valence-corrected chi connectivity index (χ4v) is 2.88. The minimum absolute atomic E-state index is 0.111. The van der Waals surface area contributed by atoms with Crippen molar-refractivity contribution in [2.75, 3.05) is 27.4 Å². The number of hydrogen-bond donors (Lipinski definition) is 1. The van der Waals surface area contributed by atoms with Crippen LogP contribution >= 0.6 is 0 Å². The Morgan fingerprint density at radius 1 is 1.20 bits per heavy atom. The van der Waals surface area contributed by atoms with E-state index in [2.05, 4.69) is 5.32 Å². The second kappa shape index (κ2) is 6.92. The summed E-state index contributed by atoms with van der Waals surface area (Å²) in [5.74, 6) is 1.00. The topological polar surface area (TPSA) is 76.9 Å². The van der Waals surface area contributed by atoms with Crippen LogP contribution in [0.1, 0.15) is 25.3 Å². The predicted molar refractivity (Wildman–Crippen MR) is 90.5 cm³/mol. The van der Waals surface area contributed by atoms with E-state index in [1.54, 1.807) is 21.1 Å². The first-order valence-electron chi connectivity index (χ1n) is 8.46. The summed E-state index contributed by atoms with van der Waals surface area (Å²) >= 11 is 0. The molecule has 2 atom stereocenters. The molecule has 1 saturated carbocycles. The monoisotopic (exact) mass is 348 g/mol. The number of carbonyl (C=O) groups excluding carboxylic acids is 2. The molecule has 1 aromatic carbocycles. The molecule has 2 fully saturated rings. The third-order valence-corrected chi connectivity index (χ3v) is 4.59. The molecule has 1 amide bonds. The molecule has 1 aromatic rings. The molecule has 1 aliphatic heterocycles. The van der Waals surface area contributed by atoms with E-state index >= 15 is 0 Å². The van der Waals surface area contributed by atoms with Gasteiger partial charge < -0.3 is 19.5 Å². The highest BCUT2D eigenvalue weighted by molar-refractivity contribution is 5.93. The van der Waals surface area contributed by atoms with Gasteiger partial charge in [0.25, 0.3) is 0 Å². The molecule has 1 aliphatic carbocycles. The van der Waals surface area contributed by atoms with Crippen LogP contribution in [-0.4, -0.2) is 55.7 Å². The van der Waals surface area contributed by atoms with Crippen LogP contribution in [0.4, 0.5) is 0 Å². The van der Waals surface area contributed by atoms with Gasteiger partial charge in [-0.25, -0.2) is 4.79 Å². The largest absolute Gasteiger partial charge is 0.497 e. The van der Waals surface area contributed by atoms with E-state index in [9.17, 15) is 9.59 Å². The Bertz CT molecular complexity index is 649. The van der Waals surface area contributed by atoms with E-state index in [0.717, 1.165) is 17.1 Å². The predicted octanol–water partition coefficient (Wildman–Crippen LogP) is 1.10. The van der Waals surface area contributed by atoms with Crippen molar-refractivity contribution in [3.8, 4) is 11.5 Å². The number of nitrogens with one attached hydrogen (secondary N) is 1. The summed E-state index contributed by atoms with van der Waals surface area (Å²) < 4.78 is 15.6. The summed E-state index contributed by atoms with van der Waals surface area (Å²) in [6.45, 7) is 3.38. The number of ether oxygens (including phenoxy) is 3. The fraction of sp³-hybridized carbons (Fsp3) is 0.556. The molecular formula is C18H24N2O5. The average molecular weight is 348 g/mol. The van der Waals surface area contributed by atoms with Gasteiger partial charge in [-0.05, 0) is 37.5 Å². The Hall–Kier alpha value is -2.28. The summed E-state index contributed by atoms with van der Waals surface area (Å²) in [6.07, 6.45) is 1.30. The summed E-state index contributed by atoms with van der Waals surface area (Å²) in [4.78, 5) is 26.4. The maximum Gasteiger partial charge on any atom is 0.331 e. The van der Waals surface area contributed by atoms with Crippen molar-refractivity contribution in [2.45, 2.75) is 37.9 Å². The van der Waals surface area contributed by atoms with E-state index < -0.39 is 5.54 Å². The third kappa shape index (κ3) is 3.87. The minimum atomic E-state index is -0.791. The average Bonchev–Trinajstić information content (AvgIpc) is 3.51. The highest BCUT2D eigenvalue weighted by atomic mass is 16.5. The summed E-state index contributed by atoms with van der Waals surface area (Å²) in [7, 11) is 3.22. The summed E-state index contributed by atoms with van der Waals surface area (Å²) in [6, 6.07) is 5.46. The Morgan fingerprint density at radius 3 is 2.36 bits per heavy atom. The molecule has 1 N–H and O–H groups in total. The van der Waals surface area contributed by atoms with Crippen LogP contribution in [0.25, 0.3) is 0 Å². The molecule has 0 bridgehead atoms. The van der Waals surface area contributed by atoms with Crippen LogP contribution < -0.4 is 14.8 Å². The first-order chi connectivity index (χ1) is 12.0. The van der Waals surface area contributed by atoms with Gasteiger partial charge in [0.2, 0.25) is 5.91 Å². The zero-order valence-electron chi connectivity index (χ0n) is 14.8. The van der Waals surface area contributed by atoms with Gasteiger partial charge in [0.05, 0.1) is 20.8 Å². The standard InChI is InChI=1S/C18H24N2O5/c1-4-25-17(22)18(5-6-18)19-16(21)15-11-20(15)10-12-7-13(23-2)9-14(8-12)24-3/h7-9,15H,4-6,10-11H2,1-3H3,(H,19,21). The molecule has 2 aliphatic rings. The highest BCUT2D eigenvalue weighted by Gasteiger charge is 2.55. The van der Waals surface area contributed by atoms with E-state index in [0.29, 0.717) is 32.5 Å². The van der Waals surface area contributed by atoms with Gasteiger partial charge in [0.15, 0.2) is 0 Å².